The number of nitrogens with zero attached hydrogens (tertiary/aromatic N) is 2. The van der Waals surface area contributed by atoms with E-state index >= 15 is 0 Å². The van der Waals surface area contributed by atoms with Crippen molar-refractivity contribution in [2.24, 2.45) is 10.9 Å². The number of hydrogen-bond donors (Lipinski definition) is 2. The molecule has 1 saturated carbocycles. The van der Waals surface area contributed by atoms with Crippen LogP contribution in [-0.2, 0) is 6.54 Å². The second-order valence-electron chi connectivity index (χ2n) is 7.27. The van der Waals surface area contributed by atoms with Gasteiger partial charge < -0.3 is 20.3 Å². The molecule has 0 radical (unpaired) electrons. The van der Waals surface area contributed by atoms with Crippen LogP contribution >= 0.6 is 0 Å². The van der Waals surface area contributed by atoms with E-state index < -0.39 is 0 Å². The molecule has 0 spiro atoms. The van der Waals surface area contributed by atoms with Gasteiger partial charge in [0, 0.05) is 31.2 Å². The largest absolute Gasteiger partial charge is 0.496 e. The number of rotatable bonds is 7. The van der Waals surface area contributed by atoms with Crippen LogP contribution in [0.5, 0.6) is 5.75 Å². The first-order chi connectivity index (χ1) is 12.2. The first-order valence-corrected chi connectivity index (χ1v) is 9.59. The molecule has 3 rings (SSSR count). The molecule has 5 nitrogen and oxygen atoms in total. The van der Waals surface area contributed by atoms with E-state index in [4.69, 9.17) is 9.73 Å². The Kier molecular flexibility index (Phi) is 6.19. The monoisotopic (exact) mass is 344 g/mol. The maximum absolute atomic E-state index is 5.48. The smallest absolute Gasteiger partial charge is 0.191 e. The minimum atomic E-state index is 0.623. The summed E-state index contributed by atoms with van der Waals surface area (Å²) < 4.78 is 5.48. The average Bonchev–Trinajstić information content (AvgIpc) is 3.36. The molecular formula is C20H32N4O. The molecule has 2 N–H and O–H groups in total. The molecule has 1 aromatic rings. The molecule has 1 atom stereocenters. The molecule has 1 heterocycles. The fraction of sp³-hybridized carbons (Fsp3) is 0.650. The predicted octanol–water partition coefficient (Wildman–Crippen LogP) is 2.54. The fourth-order valence-corrected chi connectivity index (χ4v) is 3.53. The van der Waals surface area contributed by atoms with Crippen molar-refractivity contribution in [3.05, 3.63) is 29.3 Å². The highest BCUT2D eigenvalue weighted by atomic mass is 16.5. The van der Waals surface area contributed by atoms with Gasteiger partial charge in [-0.2, -0.15) is 0 Å². The number of likely N-dealkylation sites (tertiary alicyclic amines) is 1. The minimum absolute atomic E-state index is 0.623. The maximum atomic E-state index is 5.48. The number of nitrogens with one attached hydrogen (secondary N) is 2. The van der Waals surface area contributed by atoms with Crippen LogP contribution in [0.25, 0.3) is 0 Å². The van der Waals surface area contributed by atoms with Gasteiger partial charge >= 0.3 is 0 Å². The lowest BCUT2D eigenvalue weighted by Gasteiger charge is -2.17. The van der Waals surface area contributed by atoms with Gasteiger partial charge in [-0.15, -0.1) is 0 Å². The van der Waals surface area contributed by atoms with E-state index in [1.807, 2.05) is 0 Å². The molecule has 138 valence electrons. The van der Waals surface area contributed by atoms with Gasteiger partial charge in [-0.25, -0.2) is 4.99 Å². The normalized spacial score (nSPS) is 21.4. The summed E-state index contributed by atoms with van der Waals surface area (Å²) in [7, 11) is 1.72. The Morgan fingerprint density at radius 3 is 2.84 bits per heavy atom. The summed E-state index contributed by atoms with van der Waals surface area (Å²) in [5, 5.41) is 6.89. The van der Waals surface area contributed by atoms with Gasteiger partial charge in [0.25, 0.3) is 0 Å². The highest BCUT2D eigenvalue weighted by Crippen LogP contribution is 2.31. The van der Waals surface area contributed by atoms with E-state index in [0.29, 0.717) is 6.54 Å². The van der Waals surface area contributed by atoms with Gasteiger partial charge in [0.15, 0.2) is 5.96 Å². The SMILES string of the molecule is CCNC(=NCc1ccc(C)cc1OC)NCC1CCN(C2CC2)C1. The number of ether oxygens (including phenoxy) is 1. The van der Waals surface area contributed by atoms with Gasteiger partial charge in [0.1, 0.15) is 5.75 Å². The molecule has 2 fully saturated rings. The Balaban J connectivity index is 1.54. The molecule has 0 bridgehead atoms. The van der Waals surface area contributed by atoms with Gasteiger partial charge in [-0.1, -0.05) is 12.1 Å². The number of guanidine groups is 1. The molecule has 25 heavy (non-hydrogen) atoms. The number of benzene rings is 1. The summed E-state index contributed by atoms with van der Waals surface area (Å²) in [6.07, 6.45) is 4.11. The first-order valence-electron chi connectivity index (χ1n) is 9.59. The van der Waals surface area contributed by atoms with Gasteiger partial charge in [-0.3, -0.25) is 0 Å². The molecular weight excluding hydrogens is 312 g/mol. The van der Waals surface area contributed by atoms with Crippen molar-refractivity contribution < 1.29 is 4.74 Å². The van der Waals surface area contributed by atoms with Crippen molar-refractivity contribution in [1.82, 2.24) is 15.5 Å². The first kappa shape index (κ1) is 18.1. The predicted molar refractivity (Wildman–Crippen MR) is 103 cm³/mol. The second kappa shape index (κ2) is 8.56. The van der Waals surface area contributed by atoms with Crippen LogP contribution in [0, 0.1) is 12.8 Å². The van der Waals surface area contributed by atoms with Crippen LogP contribution in [-0.4, -0.2) is 50.2 Å². The lowest BCUT2D eigenvalue weighted by atomic mass is 10.1. The number of methoxy groups -OCH3 is 1. The molecule has 2 aliphatic rings. The minimum Gasteiger partial charge on any atom is -0.496 e. The lowest BCUT2D eigenvalue weighted by Crippen LogP contribution is -2.40. The zero-order valence-electron chi connectivity index (χ0n) is 15.8. The molecule has 1 saturated heterocycles. The molecule has 5 heteroatoms. The Morgan fingerprint density at radius 2 is 2.12 bits per heavy atom. The van der Waals surface area contributed by atoms with E-state index in [1.54, 1.807) is 7.11 Å². The van der Waals surface area contributed by atoms with Crippen LogP contribution in [0.4, 0.5) is 0 Å². The van der Waals surface area contributed by atoms with Crippen molar-refractivity contribution in [1.29, 1.82) is 0 Å². The summed E-state index contributed by atoms with van der Waals surface area (Å²) in [4.78, 5) is 7.41. The van der Waals surface area contributed by atoms with Crippen molar-refractivity contribution in [2.45, 2.75) is 45.7 Å². The lowest BCUT2D eigenvalue weighted by molar-refractivity contribution is 0.314. The summed E-state index contributed by atoms with van der Waals surface area (Å²) in [6.45, 7) is 9.18. The van der Waals surface area contributed by atoms with E-state index in [-0.39, 0.29) is 0 Å². The molecule has 1 aromatic carbocycles. The number of aryl methyl sites for hydroxylation is 1. The van der Waals surface area contributed by atoms with E-state index in [2.05, 4.69) is 47.6 Å². The van der Waals surface area contributed by atoms with Crippen LogP contribution in [0.2, 0.25) is 0 Å². The Morgan fingerprint density at radius 1 is 1.28 bits per heavy atom. The molecule has 1 aliphatic carbocycles. The quantitative estimate of drug-likeness (QED) is 0.589. The molecule has 0 aromatic heterocycles. The van der Waals surface area contributed by atoms with Gasteiger partial charge in [0.05, 0.1) is 13.7 Å². The molecule has 1 unspecified atom stereocenters. The summed E-state index contributed by atoms with van der Waals surface area (Å²) in [5.41, 5.74) is 2.32. The standard InChI is InChI=1S/C20H32N4O/c1-4-21-20(22-12-16-9-10-24(14-16)18-7-8-18)23-13-17-6-5-15(2)11-19(17)25-3/h5-6,11,16,18H,4,7-10,12-14H2,1-3H3,(H2,21,22,23). The fourth-order valence-electron chi connectivity index (χ4n) is 3.53. The highest BCUT2D eigenvalue weighted by molar-refractivity contribution is 5.79. The zero-order valence-corrected chi connectivity index (χ0v) is 15.8. The summed E-state index contributed by atoms with van der Waals surface area (Å²) in [6, 6.07) is 7.17. The Labute approximate surface area is 151 Å². The van der Waals surface area contributed by atoms with Crippen LogP contribution < -0.4 is 15.4 Å². The van der Waals surface area contributed by atoms with Crippen molar-refractivity contribution in [3.63, 3.8) is 0 Å². The number of aliphatic imine (C=N–C) groups is 1. The van der Waals surface area contributed by atoms with Crippen molar-refractivity contribution >= 4 is 5.96 Å². The summed E-state index contributed by atoms with van der Waals surface area (Å²) >= 11 is 0. The Bertz CT molecular complexity index is 597. The van der Waals surface area contributed by atoms with Gasteiger partial charge in [0.2, 0.25) is 0 Å². The van der Waals surface area contributed by atoms with E-state index in [0.717, 1.165) is 42.3 Å². The van der Waals surface area contributed by atoms with Crippen LogP contribution in [0.3, 0.4) is 0 Å². The van der Waals surface area contributed by atoms with Crippen LogP contribution in [0.15, 0.2) is 23.2 Å². The molecule has 0 amide bonds. The third-order valence-corrected chi connectivity index (χ3v) is 5.13. The van der Waals surface area contributed by atoms with Crippen molar-refractivity contribution in [3.8, 4) is 5.75 Å². The Hall–Kier alpha value is -1.75. The van der Waals surface area contributed by atoms with Crippen LogP contribution in [0.1, 0.15) is 37.3 Å². The molecule has 1 aliphatic heterocycles. The topological polar surface area (TPSA) is 48.9 Å². The second-order valence-corrected chi connectivity index (χ2v) is 7.27. The third-order valence-electron chi connectivity index (χ3n) is 5.13. The zero-order chi connectivity index (χ0) is 17.6. The summed E-state index contributed by atoms with van der Waals surface area (Å²) in [5.74, 6) is 2.55. The van der Waals surface area contributed by atoms with Gasteiger partial charge in [-0.05, 0) is 57.2 Å². The van der Waals surface area contributed by atoms with Crippen molar-refractivity contribution in [2.75, 3.05) is 33.3 Å². The third kappa shape index (κ3) is 5.11. The van der Waals surface area contributed by atoms with E-state index in [1.165, 1.54) is 37.9 Å². The number of hydrogen-bond acceptors (Lipinski definition) is 3. The highest BCUT2D eigenvalue weighted by Gasteiger charge is 2.34. The average molecular weight is 345 g/mol. The van der Waals surface area contributed by atoms with E-state index in [9.17, 15) is 0 Å². The maximum Gasteiger partial charge on any atom is 0.191 e.